The molecule has 0 aliphatic rings. The van der Waals surface area contributed by atoms with Gasteiger partial charge in [-0.1, -0.05) is 0 Å². The normalized spacial score (nSPS) is 9.43. The summed E-state index contributed by atoms with van der Waals surface area (Å²) in [5.41, 5.74) is 0. The van der Waals surface area contributed by atoms with Crippen LogP contribution in [0.15, 0.2) is 0 Å². The molecular formula is C2H3O4P. The van der Waals surface area contributed by atoms with E-state index in [1.165, 1.54) is 6.92 Å². The molecule has 7 heavy (non-hydrogen) atoms. The standard InChI is InChI=1S/C2H3.H3O4P/c1-2;1-5(2,3)4/h1H3;(H3,1,2,3,4)/q+3;/p-3. The predicted molar refractivity (Wildman–Crippen MR) is 16.5 cm³/mol. The van der Waals surface area contributed by atoms with Crippen LogP contribution in [0.25, 0.3) is 0 Å². The third-order valence-corrected chi connectivity index (χ3v) is 0. The Kier molecular flexibility index (Phi) is 6.21. The Hall–Kier alpha value is 0.110. The van der Waals surface area contributed by atoms with Gasteiger partial charge in [0.05, 0.1) is 0 Å². The zero-order chi connectivity index (χ0) is 6.50. The summed E-state index contributed by atoms with van der Waals surface area (Å²) in [5, 5.41) is 0. The van der Waals surface area contributed by atoms with Crippen LogP contribution < -0.4 is 14.7 Å². The van der Waals surface area contributed by atoms with E-state index in [0.29, 0.717) is 0 Å². The summed E-state index contributed by atoms with van der Waals surface area (Å²) in [6.45, 7) is 7.00. The second kappa shape index (κ2) is 4.27. The Morgan fingerprint density at radius 1 is 1.29 bits per heavy atom. The van der Waals surface area contributed by atoms with E-state index in [2.05, 4.69) is 0 Å². The van der Waals surface area contributed by atoms with Gasteiger partial charge in [0.25, 0.3) is 0 Å². The minimum absolute atomic E-state index is 1.25. The third-order valence-electron chi connectivity index (χ3n) is 0. The Morgan fingerprint density at radius 3 is 1.29 bits per heavy atom. The molecule has 0 radical (unpaired) electrons. The number of rotatable bonds is 0. The molecule has 0 aliphatic carbocycles. The van der Waals surface area contributed by atoms with Crippen LogP contribution in [-0.4, -0.2) is 0 Å². The van der Waals surface area contributed by atoms with Gasteiger partial charge in [-0.2, -0.15) is 7.82 Å². The van der Waals surface area contributed by atoms with Gasteiger partial charge in [-0.05, 0) is 0 Å². The van der Waals surface area contributed by atoms with Crippen LogP contribution in [0.5, 0.6) is 0 Å². The average molecular weight is 122 g/mol. The maximum atomic E-state index is 8.55. The van der Waals surface area contributed by atoms with Crippen LogP contribution in [0, 0.1) is 6.92 Å². The van der Waals surface area contributed by atoms with Gasteiger partial charge in [-0.25, -0.2) is 0 Å². The molecule has 4 nitrogen and oxygen atoms in total. The first-order chi connectivity index (χ1) is 3.00. The van der Waals surface area contributed by atoms with E-state index < -0.39 is 7.82 Å². The van der Waals surface area contributed by atoms with Gasteiger partial charge in [-0.15, -0.1) is 0 Å². The molecule has 0 N–H and O–H groups in total. The van der Waals surface area contributed by atoms with Crippen LogP contribution in [0.1, 0.15) is 6.92 Å². The van der Waals surface area contributed by atoms with Crippen molar-refractivity contribution in [2.75, 3.05) is 0 Å². The van der Waals surface area contributed by atoms with Crippen LogP contribution in [0.4, 0.5) is 0 Å². The Bertz CT molecular complexity index is 55.8. The first kappa shape index (κ1) is 10.2. The van der Waals surface area contributed by atoms with Crippen molar-refractivity contribution in [2.45, 2.75) is 6.92 Å². The Morgan fingerprint density at radius 2 is 1.29 bits per heavy atom. The van der Waals surface area contributed by atoms with Crippen LogP contribution in [-0.2, 0) is 4.57 Å². The summed E-state index contributed by atoms with van der Waals surface area (Å²) >= 11 is 0. The number of hydrogen-bond acceptors (Lipinski definition) is 4. The van der Waals surface area contributed by atoms with E-state index in [4.69, 9.17) is 26.2 Å². The fourth-order valence-electron chi connectivity index (χ4n) is 0. The fourth-order valence-corrected chi connectivity index (χ4v) is 0. The number of phosphoric acid groups is 1. The summed E-state index contributed by atoms with van der Waals surface area (Å²) in [6.07, 6.45) is 0. The molecule has 0 bridgehead atoms. The van der Waals surface area contributed by atoms with Gasteiger partial charge in [0.15, 0.2) is 0 Å². The predicted octanol–water partition coefficient (Wildman–Crippen LogP) is -2.23. The molecule has 0 aromatic carbocycles. The summed E-state index contributed by atoms with van der Waals surface area (Å²) in [5.74, 6) is 0. The Balaban J connectivity index is 0. The van der Waals surface area contributed by atoms with Crippen molar-refractivity contribution in [1.29, 1.82) is 0 Å². The zero-order valence-electron chi connectivity index (χ0n) is 3.58. The van der Waals surface area contributed by atoms with Gasteiger partial charge in [0, 0.05) is 0 Å². The van der Waals surface area contributed by atoms with Gasteiger partial charge >= 0.3 is 13.8 Å². The number of hydrogen-bond donors (Lipinski definition) is 0. The van der Waals surface area contributed by atoms with E-state index in [-0.39, 0.29) is 0 Å². The molecule has 5 heteroatoms. The summed E-state index contributed by atoms with van der Waals surface area (Å²) < 4.78 is 8.55. The van der Waals surface area contributed by atoms with Gasteiger partial charge < -0.3 is 19.2 Å². The van der Waals surface area contributed by atoms with E-state index in [1.807, 2.05) is 0 Å². The van der Waals surface area contributed by atoms with Crippen LogP contribution in [0.3, 0.4) is 0 Å². The van der Waals surface area contributed by atoms with Crippen molar-refractivity contribution in [3.63, 3.8) is 0 Å². The summed E-state index contributed by atoms with van der Waals surface area (Å²) in [6, 6.07) is 0. The monoisotopic (exact) mass is 122 g/mol. The van der Waals surface area contributed by atoms with Crippen molar-refractivity contribution in [2.24, 2.45) is 0 Å². The quantitative estimate of drug-likeness (QED) is 0.340. The molecule has 0 spiro atoms. The molecule has 0 saturated carbocycles. The second-order valence-corrected chi connectivity index (χ2v) is 1.34. The molecule has 0 aromatic heterocycles. The summed E-state index contributed by atoms with van der Waals surface area (Å²) in [7, 11) is -5.39. The van der Waals surface area contributed by atoms with Gasteiger partial charge in [0.1, 0.15) is 0 Å². The maximum absolute atomic E-state index is 8.55. The zero-order valence-corrected chi connectivity index (χ0v) is 4.47. The molecule has 40 valence electrons. The average Bonchev–Trinajstić information content (AvgIpc) is 1.36. The molecule has 0 amide bonds. The van der Waals surface area contributed by atoms with Crippen LogP contribution in [0.2, 0.25) is 0 Å². The molecule has 0 saturated heterocycles. The van der Waals surface area contributed by atoms with E-state index in [9.17, 15) is 0 Å². The van der Waals surface area contributed by atoms with E-state index in [0.717, 1.165) is 0 Å². The van der Waals surface area contributed by atoms with Crippen molar-refractivity contribution in [1.82, 2.24) is 0 Å². The topological polar surface area (TPSA) is 86.2 Å². The SMILES string of the molecule is O=P([O-])([O-])[O-].[C+3]C. The van der Waals surface area contributed by atoms with Crippen molar-refractivity contribution >= 4 is 7.82 Å². The molecule has 0 aromatic rings. The molecule has 0 aliphatic heterocycles. The van der Waals surface area contributed by atoms with Crippen molar-refractivity contribution in [3.05, 3.63) is 6.92 Å². The fraction of sp³-hybridized carbons (Fsp3) is 0.500. The molecule has 0 atom stereocenters. The molecule has 0 heterocycles. The molecule has 0 unspecified atom stereocenters. The van der Waals surface area contributed by atoms with E-state index in [1.54, 1.807) is 0 Å². The van der Waals surface area contributed by atoms with Crippen molar-refractivity contribution in [3.8, 4) is 0 Å². The minimum atomic E-state index is -5.39. The van der Waals surface area contributed by atoms with Crippen LogP contribution >= 0.6 is 7.82 Å². The van der Waals surface area contributed by atoms with Gasteiger partial charge in [-0.3, -0.25) is 0 Å². The first-order valence-corrected chi connectivity index (χ1v) is 2.69. The second-order valence-electron chi connectivity index (χ2n) is 0.447. The van der Waals surface area contributed by atoms with Crippen molar-refractivity contribution < 1.29 is 19.2 Å². The van der Waals surface area contributed by atoms with Gasteiger partial charge in [0.2, 0.25) is 0 Å². The summed E-state index contributed by atoms with van der Waals surface area (Å²) in [4.78, 5) is 25.6. The third kappa shape index (κ3) is 8530. The molecule has 0 rings (SSSR count). The molecule has 0 fully saturated rings. The first-order valence-electron chi connectivity index (χ1n) is 1.23. The molecular weight excluding hydrogens is 119 g/mol. The van der Waals surface area contributed by atoms with E-state index >= 15 is 0 Å². The Labute approximate surface area is 42.0 Å².